The topological polar surface area (TPSA) is 64.6 Å². The maximum atomic E-state index is 13.7. The largest absolute Gasteiger partial charge is 0.497 e. The van der Waals surface area contributed by atoms with Crippen LogP contribution >= 0.6 is 0 Å². The van der Waals surface area contributed by atoms with Gasteiger partial charge in [-0.2, -0.15) is 0 Å². The van der Waals surface area contributed by atoms with E-state index in [1.165, 1.54) is 25.3 Å². The summed E-state index contributed by atoms with van der Waals surface area (Å²) in [7, 11) is 1.50. The Morgan fingerprint density at radius 1 is 1.12 bits per heavy atom. The standard InChI is InChI=1S/C18H17F2NO4/c1-11(15-8-5-13(19)9-16(15)20)21-17(22)10-25-18(23)12-3-6-14(24-2)7-4-12/h3-9,11H,10H2,1-2H3,(H,21,22)/t11-/m0/s1. The fraction of sp³-hybridized carbons (Fsp3) is 0.222. The number of esters is 1. The van der Waals surface area contributed by atoms with Gasteiger partial charge in [0.2, 0.25) is 0 Å². The number of ether oxygens (including phenoxy) is 2. The number of carbonyl (C=O) groups excluding carboxylic acids is 2. The van der Waals surface area contributed by atoms with Crippen LogP contribution in [-0.4, -0.2) is 25.6 Å². The predicted octanol–water partition coefficient (Wildman–Crippen LogP) is 3.01. The summed E-state index contributed by atoms with van der Waals surface area (Å²) in [5.74, 6) is -2.14. The van der Waals surface area contributed by atoms with E-state index in [-0.39, 0.29) is 11.1 Å². The summed E-state index contributed by atoms with van der Waals surface area (Å²) in [6.45, 7) is 1.03. The van der Waals surface area contributed by atoms with Gasteiger partial charge in [0, 0.05) is 11.6 Å². The van der Waals surface area contributed by atoms with Crippen LogP contribution in [-0.2, 0) is 9.53 Å². The molecule has 2 rings (SSSR count). The molecule has 1 atom stereocenters. The molecule has 0 spiro atoms. The van der Waals surface area contributed by atoms with Gasteiger partial charge in [-0.05, 0) is 37.3 Å². The Hall–Kier alpha value is -2.96. The van der Waals surface area contributed by atoms with E-state index in [2.05, 4.69) is 5.32 Å². The molecular formula is C18H17F2NO4. The van der Waals surface area contributed by atoms with Crippen molar-refractivity contribution in [3.63, 3.8) is 0 Å². The van der Waals surface area contributed by atoms with Gasteiger partial charge in [0.15, 0.2) is 6.61 Å². The SMILES string of the molecule is COc1ccc(C(=O)OCC(=O)N[C@@H](C)c2ccc(F)cc2F)cc1. The highest BCUT2D eigenvalue weighted by atomic mass is 19.1. The summed E-state index contributed by atoms with van der Waals surface area (Å²) >= 11 is 0. The highest BCUT2D eigenvalue weighted by Gasteiger charge is 2.16. The summed E-state index contributed by atoms with van der Waals surface area (Å²) in [6, 6.07) is 8.59. The van der Waals surface area contributed by atoms with Gasteiger partial charge in [-0.3, -0.25) is 4.79 Å². The van der Waals surface area contributed by atoms with Crippen LogP contribution in [0.2, 0.25) is 0 Å². The van der Waals surface area contributed by atoms with E-state index in [1.807, 2.05) is 0 Å². The lowest BCUT2D eigenvalue weighted by atomic mass is 10.1. The Morgan fingerprint density at radius 3 is 2.40 bits per heavy atom. The molecule has 0 fully saturated rings. The number of methoxy groups -OCH3 is 1. The number of halogens is 2. The third-order valence-electron chi connectivity index (χ3n) is 3.47. The van der Waals surface area contributed by atoms with Crippen molar-refractivity contribution < 1.29 is 27.8 Å². The van der Waals surface area contributed by atoms with Crippen LogP contribution in [0.25, 0.3) is 0 Å². The summed E-state index contributed by atoms with van der Waals surface area (Å²) in [6.07, 6.45) is 0. The minimum absolute atomic E-state index is 0.135. The van der Waals surface area contributed by atoms with Gasteiger partial charge in [-0.1, -0.05) is 6.07 Å². The molecule has 1 amide bonds. The molecule has 0 aromatic heterocycles. The van der Waals surface area contributed by atoms with Crippen LogP contribution in [0, 0.1) is 11.6 Å². The van der Waals surface area contributed by atoms with E-state index < -0.39 is 36.2 Å². The van der Waals surface area contributed by atoms with Crippen LogP contribution in [0.1, 0.15) is 28.9 Å². The smallest absolute Gasteiger partial charge is 0.338 e. The number of hydrogen-bond donors (Lipinski definition) is 1. The van der Waals surface area contributed by atoms with E-state index in [9.17, 15) is 18.4 Å². The number of hydrogen-bond acceptors (Lipinski definition) is 4. The van der Waals surface area contributed by atoms with Crippen LogP contribution in [0.15, 0.2) is 42.5 Å². The maximum absolute atomic E-state index is 13.7. The Bertz CT molecular complexity index is 762. The zero-order valence-corrected chi connectivity index (χ0v) is 13.7. The normalized spacial score (nSPS) is 11.5. The quantitative estimate of drug-likeness (QED) is 0.815. The average Bonchev–Trinajstić information content (AvgIpc) is 2.59. The van der Waals surface area contributed by atoms with Crippen molar-refractivity contribution in [3.8, 4) is 5.75 Å². The minimum atomic E-state index is -0.761. The molecule has 0 aliphatic carbocycles. The minimum Gasteiger partial charge on any atom is -0.497 e. The van der Waals surface area contributed by atoms with Crippen LogP contribution in [0.4, 0.5) is 8.78 Å². The second kappa shape index (κ2) is 8.23. The molecule has 0 saturated carbocycles. The second-order valence-electron chi connectivity index (χ2n) is 5.26. The zero-order chi connectivity index (χ0) is 18.4. The zero-order valence-electron chi connectivity index (χ0n) is 13.7. The summed E-state index contributed by atoms with van der Waals surface area (Å²) in [5, 5.41) is 2.48. The Morgan fingerprint density at radius 2 is 1.80 bits per heavy atom. The summed E-state index contributed by atoms with van der Waals surface area (Å²) < 4.78 is 36.4. The predicted molar refractivity (Wildman–Crippen MR) is 86.2 cm³/mol. The van der Waals surface area contributed by atoms with E-state index in [0.717, 1.165) is 12.1 Å². The van der Waals surface area contributed by atoms with Crippen molar-refractivity contribution in [1.82, 2.24) is 5.32 Å². The van der Waals surface area contributed by atoms with Gasteiger partial charge >= 0.3 is 5.97 Å². The molecule has 0 saturated heterocycles. The number of nitrogens with one attached hydrogen (secondary N) is 1. The van der Waals surface area contributed by atoms with Crippen LogP contribution in [0.3, 0.4) is 0 Å². The fourth-order valence-corrected chi connectivity index (χ4v) is 2.16. The number of rotatable bonds is 6. The van der Waals surface area contributed by atoms with E-state index in [0.29, 0.717) is 5.75 Å². The first kappa shape index (κ1) is 18.4. The van der Waals surface area contributed by atoms with Crippen molar-refractivity contribution in [2.45, 2.75) is 13.0 Å². The molecule has 2 aromatic rings. The van der Waals surface area contributed by atoms with E-state index in [1.54, 1.807) is 19.1 Å². The summed E-state index contributed by atoms with van der Waals surface area (Å²) in [4.78, 5) is 23.7. The van der Waals surface area contributed by atoms with Crippen LogP contribution in [0.5, 0.6) is 5.75 Å². The molecule has 0 bridgehead atoms. The molecule has 0 heterocycles. The fourth-order valence-electron chi connectivity index (χ4n) is 2.16. The second-order valence-corrected chi connectivity index (χ2v) is 5.26. The first-order valence-corrected chi connectivity index (χ1v) is 7.46. The molecule has 0 radical (unpaired) electrons. The highest BCUT2D eigenvalue weighted by Crippen LogP contribution is 2.17. The van der Waals surface area contributed by atoms with Crippen molar-refractivity contribution in [2.75, 3.05) is 13.7 Å². The molecule has 25 heavy (non-hydrogen) atoms. The Labute approximate surface area is 143 Å². The lowest BCUT2D eigenvalue weighted by Crippen LogP contribution is -2.31. The molecule has 0 aliphatic rings. The van der Waals surface area contributed by atoms with Gasteiger partial charge in [-0.25, -0.2) is 13.6 Å². The van der Waals surface area contributed by atoms with Gasteiger partial charge in [-0.15, -0.1) is 0 Å². The maximum Gasteiger partial charge on any atom is 0.338 e. The first-order chi connectivity index (χ1) is 11.9. The molecular weight excluding hydrogens is 332 g/mol. The van der Waals surface area contributed by atoms with E-state index in [4.69, 9.17) is 9.47 Å². The lowest BCUT2D eigenvalue weighted by Gasteiger charge is -2.15. The number of carbonyl (C=O) groups is 2. The first-order valence-electron chi connectivity index (χ1n) is 7.46. The molecule has 0 aliphatic heterocycles. The molecule has 132 valence electrons. The van der Waals surface area contributed by atoms with Crippen molar-refractivity contribution >= 4 is 11.9 Å². The molecule has 1 N–H and O–H groups in total. The van der Waals surface area contributed by atoms with Crippen molar-refractivity contribution in [3.05, 3.63) is 65.2 Å². The average molecular weight is 349 g/mol. The third kappa shape index (κ3) is 5.00. The Kier molecular flexibility index (Phi) is 6.05. The van der Waals surface area contributed by atoms with Gasteiger partial charge < -0.3 is 14.8 Å². The number of amides is 1. The van der Waals surface area contributed by atoms with Crippen molar-refractivity contribution in [1.29, 1.82) is 0 Å². The van der Waals surface area contributed by atoms with Crippen LogP contribution < -0.4 is 10.1 Å². The molecule has 0 unspecified atom stereocenters. The lowest BCUT2D eigenvalue weighted by molar-refractivity contribution is -0.124. The number of benzene rings is 2. The summed E-state index contributed by atoms with van der Waals surface area (Å²) in [5.41, 5.74) is 0.405. The third-order valence-corrected chi connectivity index (χ3v) is 3.47. The van der Waals surface area contributed by atoms with Gasteiger partial charge in [0.05, 0.1) is 18.7 Å². The molecule has 7 heteroatoms. The Balaban J connectivity index is 1.88. The highest BCUT2D eigenvalue weighted by molar-refractivity contribution is 5.91. The monoisotopic (exact) mass is 349 g/mol. The molecule has 2 aromatic carbocycles. The van der Waals surface area contributed by atoms with Gasteiger partial charge in [0.1, 0.15) is 17.4 Å². The van der Waals surface area contributed by atoms with E-state index >= 15 is 0 Å². The van der Waals surface area contributed by atoms with Crippen molar-refractivity contribution in [2.24, 2.45) is 0 Å². The van der Waals surface area contributed by atoms with Gasteiger partial charge in [0.25, 0.3) is 5.91 Å². The molecule has 5 nitrogen and oxygen atoms in total.